The lowest BCUT2D eigenvalue weighted by atomic mass is 9.79. The van der Waals surface area contributed by atoms with E-state index in [1.54, 1.807) is 11.8 Å². The Kier molecular flexibility index (Phi) is 9.82. The minimum absolute atomic E-state index is 0.00786. The van der Waals surface area contributed by atoms with E-state index in [9.17, 15) is 24.3 Å². The fourth-order valence-corrected chi connectivity index (χ4v) is 7.66. The van der Waals surface area contributed by atoms with Crippen molar-refractivity contribution in [2.75, 3.05) is 19.8 Å². The zero-order chi connectivity index (χ0) is 30.7. The highest BCUT2D eigenvalue weighted by Gasteiger charge is 2.60. The molecule has 2 saturated heterocycles. The van der Waals surface area contributed by atoms with Crippen LogP contribution in [-0.2, 0) is 43.9 Å². The average Bonchev–Trinajstić information content (AvgIpc) is 3.57. The fourth-order valence-electron chi connectivity index (χ4n) is 6.10. The number of carbonyl (C=O) groups is 4. The Morgan fingerprint density at radius 1 is 1.26 bits per heavy atom. The van der Waals surface area contributed by atoms with Gasteiger partial charge in [-0.15, -0.1) is 11.8 Å². The molecule has 0 unspecified atom stereocenters. The molecule has 3 aliphatic rings. The number of esters is 1. The van der Waals surface area contributed by atoms with Gasteiger partial charge in [0.25, 0.3) is 0 Å². The van der Waals surface area contributed by atoms with Crippen LogP contribution in [0.25, 0.3) is 0 Å². The minimum Gasteiger partial charge on any atom is -0.457 e. The standard InChI is InChI=1S/C29H39N5O7S/c1-6-10-40-28(38)25-26(17(3)24-23(18(4)35)27(37)34(24)25)42-21-12-19(33(15-21)29(39)41-11-7-2)8-9-32-14-20(13-22(30)36)31(5)16-32/h6-7,14,16-19,21,23-24,35H,1-2,8-13,15H2,3-5H3,(H-,30,36)/p+1/t17-,18-,19-,21+,23-,24-/m1/s1. The van der Waals surface area contributed by atoms with Crippen LogP contribution in [0.5, 0.6) is 0 Å². The Balaban J connectivity index is 1.54. The van der Waals surface area contributed by atoms with Gasteiger partial charge in [0.15, 0.2) is 5.69 Å². The van der Waals surface area contributed by atoms with Crippen molar-refractivity contribution in [2.24, 2.45) is 24.6 Å². The zero-order valence-electron chi connectivity index (χ0n) is 24.3. The SMILES string of the molecule is C=CCOC(=O)C1=C(S[C@H]2C[C@@H](CC[n+]3cc(CC(N)=O)n(C)c3)N(C(=O)OCC=C)C2)[C@H](C)[C@@H]2[C@@H]([C@@H](C)O)C(=O)N12. The lowest BCUT2D eigenvalue weighted by Crippen LogP contribution is -2.63. The second-order valence-electron chi connectivity index (χ2n) is 11.0. The quantitative estimate of drug-likeness (QED) is 0.147. The summed E-state index contributed by atoms with van der Waals surface area (Å²) in [5, 5.41) is 10.2. The number of nitrogens with zero attached hydrogens (tertiary/aromatic N) is 4. The van der Waals surface area contributed by atoms with Crippen LogP contribution in [0, 0.1) is 11.8 Å². The van der Waals surface area contributed by atoms with Gasteiger partial charge < -0.3 is 30.1 Å². The highest BCUT2D eigenvalue weighted by molar-refractivity contribution is 8.03. The highest BCUT2D eigenvalue weighted by atomic mass is 32.2. The molecule has 1 aromatic heterocycles. The molecule has 2 fully saturated rings. The van der Waals surface area contributed by atoms with Gasteiger partial charge in [0.05, 0.1) is 38.1 Å². The van der Waals surface area contributed by atoms with Gasteiger partial charge >= 0.3 is 12.1 Å². The number of nitrogens with two attached hydrogens (primary N) is 1. The van der Waals surface area contributed by atoms with Crippen LogP contribution in [-0.4, -0.2) is 86.5 Å². The summed E-state index contributed by atoms with van der Waals surface area (Å²) in [5.41, 5.74) is 6.37. The number of aryl methyl sites for hydroxylation is 2. The summed E-state index contributed by atoms with van der Waals surface area (Å²) in [6, 6.07) is -0.481. The summed E-state index contributed by atoms with van der Waals surface area (Å²) < 4.78 is 14.6. The van der Waals surface area contributed by atoms with E-state index in [2.05, 4.69) is 13.2 Å². The maximum Gasteiger partial charge on any atom is 0.410 e. The van der Waals surface area contributed by atoms with Gasteiger partial charge in [0, 0.05) is 35.1 Å². The molecule has 3 aliphatic heterocycles. The third-order valence-electron chi connectivity index (χ3n) is 8.03. The molecule has 4 rings (SSSR count). The van der Waals surface area contributed by atoms with Crippen LogP contribution in [0.2, 0.25) is 0 Å². The first-order valence-electron chi connectivity index (χ1n) is 14.0. The van der Waals surface area contributed by atoms with Crippen molar-refractivity contribution >= 4 is 35.6 Å². The second kappa shape index (κ2) is 13.2. The molecule has 4 heterocycles. The Morgan fingerprint density at radius 3 is 2.60 bits per heavy atom. The molecule has 6 atom stereocenters. The van der Waals surface area contributed by atoms with Crippen molar-refractivity contribution in [2.45, 2.75) is 63.1 Å². The van der Waals surface area contributed by atoms with Crippen molar-refractivity contribution in [3.05, 3.63) is 54.1 Å². The molecule has 3 amide bonds. The van der Waals surface area contributed by atoms with Crippen molar-refractivity contribution in [3.63, 3.8) is 0 Å². The monoisotopic (exact) mass is 602 g/mol. The molecule has 228 valence electrons. The number of aliphatic hydroxyl groups is 1. The van der Waals surface area contributed by atoms with Gasteiger partial charge in [-0.25, -0.2) is 18.7 Å². The fraction of sp³-hybridized carbons (Fsp3) is 0.552. The zero-order valence-corrected chi connectivity index (χ0v) is 25.1. The summed E-state index contributed by atoms with van der Waals surface area (Å²) in [5.74, 6) is -2.10. The molecule has 13 heteroatoms. The van der Waals surface area contributed by atoms with E-state index >= 15 is 0 Å². The van der Waals surface area contributed by atoms with Gasteiger partial charge in [0.1, 0.15) is 25.1 Å². The number of thioether (sulfide) groups is 1. The van der Waals surface area contributed by atoms with Crippen LogP contribution in [0.15, 0.2) is 48.4 Å². The van der Waals surface area contributed by atoms with Crippen molar-refractivity contribution < 1.29 is 38.3 Å². The third kappa shape index (κ3) is 6.26. The van der Waals surface area contributed by atoms with E-state index in [1.165, 1.54) is 28.8 Å². The number of aromatic nitrogens is 2. The minimum atomic E-state index is -0.846. The van der Waals surface area contributed by atoms with E-state index in [4.69, 9.17) is 15.2 Å². The van der Waals surface area contributed by atoms with Crippen LogP contribution in [0.1, 0.15) is 32.4 Å². The van der Waals surface area contributed by atoms with Gasteiger partial charge in [-0.3, -0.25) is 9.59 Å². The topological polar surface area (TPSA) is 148 Å². The molecule has 42 heavy (non-hydrogen) atoms. The lowest BCUT2D eigenvalue weighted by Gasteiger charge is -2.46. The molecule has 12 nitrogen and oxygen atoms in total. The summed E-state index contributed by atoms with van der Waals surface area (Å²) in [6.07, 6.45) is 6.85. The molecule has 0 aromatic carbocycles. The third-order valence-corrected chi connectivity index (χ3v) is 9.52. The smallest absolute Gasteiger partial charge is 0.410 e. The van der Waals surface area contributed by atoms with Crippen molar-refractivity contribution in [1.82, 2.24) is 14.4 Å². The van der Waals surface area contributed by atoms with E-state index in [0.29, 0.717) is 25.9 Å². The van der Waals surface area contributed by atoms with Crippen LogP contribution in [0.3, 0.4) is 0 Å². The molecule has 0 saturated carbocycles. The highest BCUT2D eigenvalue weighted by Crippen LogP contribution is 2.52. The Morgan fingerprint density at radius 2 is 1.95 bits per heavy atom. The number of likely N-dealkylation sites (tertiary alicyclic amines) is 1. The predicted molar refractivity (Wildman–Crippen MR) is 154 cm³/mol. The number of aliphatic hydroxyl groups excluding tert-OH is 1. The van der Waals surface area contributed by atoms with E-state index in [-0.39, 0.29) is 54.5 Å². The number of primary amides is 1. The maximum atomic E-state index is 13.1. The second-order valence-corrected chi connectivity index (χ2v) is 12.4. The summed E-state index contributed by atoms with van der Waals surface area (Å²) in [6.45, 7) is 11.8. The summed E-state index contributed by atoms with van der Waals surface area (Å²) in [7, 11) is 1.85. The number of carbonyl (C=O) groups excluding carboxylic acids is 4. The number of hydrogen-bond donors (Lipinski definition) is 2. The predicted octanol–water partition coefficient (Wildman–Crippen LogP) is 1.03. The molecule has 0 aliphatic carbocycles. The van der Waals surface area contributed by atoms with E-state index < -0.39 is 30.0 Å². The molecule has 0 spiro atoms. The number of amides is 3. The maximum absolute atomic E-state index is 13.1. The van der Waals surface area contributed by atoms with E-state index in [1.807, 2.05) is 35.6 Å². The number of hydrogen-bond acceptors (Lipinski definition) is 8. The first-order chi connectivity index (χ1) is 20.0. The summed E-state index contributed by atoms with van der Waals surface area (Å²) >= 11 is 1.49. The number of imidazole rings is 1. The molecular formula is C29H40N5O7S+. The Bertz CT molecular complexity index is 1290. The summed E-state index contributed by atoms with van der Waals surface area (Å²) in [4.78, 5) is 54.4. The van der Waals surface area contributed by atoms with Crippen molar-refractivity contribution in [1.29, 1.82) is 0 Å². The van der Waals surface area contributed by atoms with Crippen LogP contribution < -0.4 is 10.3 Å². The number of β-lactam (4-membered cyclic amide) rings is 1. The van der Waals surface area contributed by atoms with Crippen LogP contribution >= 0.6 is 11.8 Å². The molecule has 3 N–H and O–H groups in total. The number of ether oxygens (including phenoxy) is 2. The van der Waals surface area contributed by atoms with Crippen LogP contribution in [0.4, 0.5) is 4.79 Å². The molecule has 0 bridgehead atoms. The van der Waals surface area contributed by atoms with E-state index in [0.717, 1.165) is 10.6 Å². The molecule has 1 aromatic rings. The number of rotatable bonds is 13. The first kappa shape index (κ1) is 31.4. The van der Waals surface area contributed by atoms with Gasteiger partial charge in [0.2, 0.25) is 18.1 Å². The van der Waals surface area contributed by atoms with Gasteiger partial charge in [-0.1, -0.05) is 32.2 Å². The number of fused-ring (bicyclic) bond motifs is 1. The normalized spacial score (nSPS) is 25.6. The Labute approximate surface area is 249 Å². The van der Waals surface area contributed by atoms with Gasteiger partial charge in [-0.2, -0.15) is 0 Å². The first-order valence-corrected chi connectivity index (χ1v) is 14.9. The average molecular weight is 603 g/mol. The van der Waals surface area contributed by atoms with Crippen molar-refractivity contribution in [3.8, 4) is 0 Å². The molecule has 0 radical (unpaired) electrons. The molecular weight excluding hydrogens is 562 g/mol. The van der Waals surface area contributed by atoms with Gasteiger partial charge in [-0.05, 0) is 13.3 Å². The lowest BCUT2D eigenvalue weighted by molar-refractivity contribution is -0.697. The largest absolute Gasteiger partial charge is 0.457 e. The Hall–Kier alpha value is -3.58.